The number of aromatic nitrogens is 1. The average molecular weight is 283 g/mol. The molecule has 1 saturated heterocycles. The molecule has 4 nitrogen and oxygen atoms in total. The summed E-state index contributed by atoms with van der Waals surface area (Å²) in [5.41, 5.74) is 8.68. The fourth-order valence-electron chi connectivity index (χ4n) is 3.12. The Kier molecular flexibility index (Phi) is 3.80. The van der Waals surface area contributed by atoms with E-state index in [4.69, 9.17) is 5.73 Å². The van der Waals surface area contributed by atoms with Crippen LogP contribution in [0.2, 0.25) is 0 Å². The van der Waals surface area contributed by atoms with Crippen molar-refractivity contribution in [1.82, 2.24) is 9.47 Å². The Morgan fingerprint density at radius 2 is 2.00 bits per heavy atom. The van der Waals surface area contributed by atoms with Crippen LogP contribution in [-0.4, -0.2) is 34.5 Å². The Labute approximate surface area is 125 Å². The van der Waals surface area contributed by atoms with Crippen molar-refractivity contribution < 1.29 is 4.79 Å². The molecule has 3 rings (SSSR count). The van der Waals surface area contributed by atoms with Crippen molar-refractivity contribution in [2.75, 3.05) is 13.1 Å². The molecule has 1 aromatic carbocycles. The van der Waals surface area contributed by atoms with Gasteiger partial charge in [-0.25, -0.2) is 0 Å². The van der Waals surface area contributed by atoms with E-state index in [1.807, 2.05) is 46.8 Å². The van der Waals surface area contributed by atoms with Gasteiger partial charge in [0.2, 0.25) is 0 Å². The van der Waals surface area contributed by atoms with Crippen LogP contribution in [-0.2, 0) is 7.05 Å². The van der Waals surface area contributed by atoms with Crippen molar-refractivity contribution in [3.8, 4) is 11.3 Å². The van der Waals surface area contributed by atoms with Gasteiger partial charge in [-0.3, -0.25) is 4.79 Å². The summed E-state index contributed by atoms with van der Waals surface area (Å²) in [7, 11) is 1.95. The predicted octanol–water partition coefficient (Wildman–Crippen LogP) is 2.26. The summed E-state index contributed by atoms with van der Waals surface area (Å²) in [5.74, 6) is 0.0904. The van der Waals surface area contributed by atoms with E-state index in [-0.39, 0.29) is 11.9 Å². The molecular weight excluding hydrogens is 262 g/mol. The largest absolute Gasteiger partial charge is 0.340 e. The van der Waals surface area contributed by atoms with E-state index >= 15 is 0 Å². The van der Waals surface area contributed by atoms with E-state index in [2.05, 4.69) is 12.1 Å². The van der Waals surface area contributed by atoms with Crippen molar-refractivity contribution in [3.63, 3.8) is 0 Å². The Hall–Kier alpha value is -2.07. The van der Waals surface area contributed by atoms with Crippen LogP contribution >= 0.6 is 0 Å². The zero-order valence-corrected chi connectivity index (χ0v) is 12.3. The predicted molar refractivity (Wildman–Crippen MR) is 84.0 cm³/mol. The number of benzene rings is 1. The van der Waals surface area contributed by atoms with Gasteiger partial charge in [-0.05, 0) is 30.5 Å². The highest BCUT2D eigenvalue weighted by atomic mass is 16.2. The van der Waals surface area contributed by atoms with E-state index in [1.54, 1.807) is 0 Å². The van der Waals surface area contributed by atoms with Gasteiger partial charge in [-0.1, -0.05) is 30.3 Å². The highest BCUT2D eigenvalue weighted by molar-refractivity contribution is 5.94. The van der Waals surface area contributed by atoms with E-state index in [1.165, 1.54) is 0 Å². The topological polar surface area (TPSA) is 51.3 Å². The molecule has 21 heavy (non-hydrogen) atoms. The molecule has 0 radical (unpaired) electrons. The van der Waals surface area contributed by atoms with E-state index < -0.39 is 0 Å². The third-order valence-corrected chi connectivity index (χ3v) is 4.32. The summed E-state index contributed by atoms with van der Waals surface area (Å²) in [4.78, 5) is 14.7. The zero-order valence-electron chi connectivity index (χ0n) is 12.3. The smallest absolute Gasteiger partial charge is 0.270 e. The van der Waals surface area contributed by atoms with Gasteiger partial charge in [0.15, 0.2) is 0 Å². The first-order valence-corrected chi connectivity index (χ1v) is 7.44. The van der Waals surface area contributed by atoms with E-state index in [0.717, 1.165) is 36.3 Å². The highest BCUT2D eigenvalue weighted by Crippen LogP contribution is 2.24. The number of carbonyl (C=O) groups excluding carboxylic acids is 1. The number of amides is 1. The maximum Gasteiger partial charge on any atom is 0.270 e. The Morgan fingerprint density at radius 3 is 2.71 bits per heavy atom. The van der Waals surface area contributed by atoms with Gasteiger partial charge in [0.1, 0.15) is 5.69 Å². The van der Waals surface area contributed by atoms with Gasteiger partial charge in [-0.2, -0.15) is 0 Å². The van der Waals surface area contributed by atoms with Crippen molar-refractivity contribution >= 4 is 5.91 Å². The summed E-state index contributed by atoms with van der Waals surface area (Å²) in [6.07, 6.45) is 2.06. The standard InChI is InChI=1S/C17H21N3O/c1-19-15(13-6-3-2-4-7-13)9-10-16(19)17(21)20-11-5-8-14(20)12-18/h2-4,6-7,9-10,14H,5,8,11-12,18H2,1H3/t14-/m1/s1. The van der Waals surface area contributed by atoms with Crippen LogP contribution in [0.1, 0.15) is 23.3 Å². The minimum atomic E-state index is 0.0904. The van der Waals surface area contributed by atoms with Crippen molar-refractivity contribution in [2.45, 2.75) is 18.9 Å². The first-order valence-electron chi connectivity index (χ1n) is 7.44. The molecule has 110 valence electrons. The maximum atomic E-state index is 12.7. The minimum absolute atomic E-state index is 0.0904. The molecule has 2 heterocycles. The van der Waals surface area contributed by atoms with Gasteiger partial charge in [0, 0.05) is 31.9 Å². The Bertz CT molecular complexity index is 633. The zero-order chi connectivity index (χ0) is 14.8. The molecule has 1 atom stereocenters. The summed E-state index contributed by atoms with van der Waals surface area (Å²) >= 11 is 0. The third-order valence-electron chi connectivity index (χ3n) is 4.32. The van der Waals surface area contributed by atoms with Gasteiger partial charge in [-0.15, -0.1) is 0 Å². The Balaban J connectivity index is 1.90. The van der Waals surface area contributed by atoms with Crippen LogP contribution in [0.25, 0.3) is 11.3 Å². The quantitative estimate of drug-likeness (QED) is 0.939. The molecule has 0 aliphatic carbocycles. The Morgan fingerprint density at radius 1 is 1.24 bits per heavy atom. The molecule has 0 unspecified atom stereocenters. The van der Waals surface area contributed by atoms with Crippen molar-refractivity contribution in [3.05, 3.63) is 48.2 Å². The van der Waals surface area contributed by atoms with Crippen molar-refractivity contribution in [2.24, 2.45) is 12.8 Å². The monoisotopic (exact) mass is 283 g/mol. The van der Waals surface area contributed by atoms with Crippen LogP contribution in [0.15, 0.2) is 42.5 Å². The fraction of sp³-hybridized carbons (Fsp3) is 0.353. The summed E-state index contributed by atoms with van der Waals surface area (Å²) in [6.45, 7) is 1.36. The van der Waals surface area contributed by atoms with Crippen LogP contribution in [0.5, 0.6) is 0 Å². The van der Waals surface area contributed by atoms with Crippen LogP contribution in [0.4, 0.5) is 0 Å². The summed E-state index contributed by atoms with van der Waals surface area (Å²) in [5, 5.41) is 0. The summed E-state index contributed by atoms with van der Waals surface area (Å²) < 4.78 is 1.98. The molecule has 0 spiro atoms. The second-order valence-corrected chi connectivity index (χ2v) is 5.56. The number of nitrogens with two attached hydrogens (primary N) is 1. The van der Waals surface area contributed by atoms with Gasteiger partial charge < -0.3 is 15.2 Å². The maximum absolute atomic E-state index is 12.7. The molecule has 0 bridgehead atoms. The fourth-order valence-corrected chi connectivity index (χ4v) is 3.12. The third kappa shape index (κ3) is 2.47. The average Bonchev–Trinajstić information content (AvgIpc) is 3.13. The van der Waals surface area contributed by atoms with Crippen LogP contribution in [0, 0.1) is 0 Å². The van der Waals surface area contributed by atoms with E-state index in [9.17, 15) is 4.79 Å². The number of carbonyl (C=O) groups is 1. The first kappa shape index (κ1) is 13.9. The molecule has 1 amide bonds. The lowest BCUT2D eigenvalue weighted by atomic mass is 10.2. The van der Waals surface area contributed by atoms with Gasteiger partial charge in [0.25, 0.3) is 5.91 Å². The van der Waals surface area contributed by atoms with Gasteiger partial charge in [0.05, 0.1) is 0 Å². The molecule has 1 aliphatic rings. The molecule has 1 aromatic heterocycles. The lowest BCUT2D eigenvalue weighted by Gasteiger charge is -2.23. The number of hydrogen-bond acceptors (Lipinski definition) is 2. The molecule has 1 fully saturated rings. The SMILES string of the molecule is Cn1c(C(=O)N2CCC[C@@H]2CN)ccc1-c1ccccc1. The molecule has 2 aromatic rings. The second kappa shape index (κ2) is 5.74. The molecular formula is C17H21N3O. The number of likely N-dealkylation sites (tertiary alicyclic amines) is 1. The van der Waals surface area contributed by atoms with Crippen molar-refractivity contribution in [1.29, 1.82) is 0 Å². The lowest BCUT2D eigenvalue weighted by molar-refractivity contribution is 0.0731. The minimum Gasteiger partial charge on any atom is -0.340 e. The first-order chi connectivity index (χ1) is 10.2. The van der Waals surface area contributed by atoms with Crippen LogP contribution in [0.3, 0.4) is 0 Å². The molecule has 0 saturated carbocycles. The van der Waals surface area contributed by atoms with Crippen LogP contribution < -0.4 is 5.73 Å². The van der Waals surface area contributed by atoms with Gasteiger partial charge >= 0.3 is 0 Å². The molecule has 2 N–H and O–H groups in total. The normalized spacial score (nSPS) is 18.2. The second-order valence-electron chi connectivity index (χ2n) is 5.56. The lowest BCUT2D eigenvalue weighted by Crippen LogP contribution is -2.40. The molecule has 4 heteroatoms. The number of nitrogens with zero attached hydrogens (tertiary/aromatic N) is 2. The number of rotatable bonds is 3. The highest BCUT2D eigenvalue weighted by Gasteiger charge is 2.29. The summed E-state index contributed by atoms with van der Waals surface area (Å²) in [6, 6.07) is 14.2. The van der Waals surface area contributed by atoms with E-state index in [0.29, 0.717) is 6.54 Å². The number of hydrogen-bond donors (Lipinski definition) is 1. The molecule has 1 aliphatic heterocycles.